The van der Waals surface area contributed by atoms with Crippen molar-refractivity contribution in [2.75, 3.05) is 24.7 Å². The Balaban J connectivity index is 1.91. The van der Waals surface area contributed by atoms with Crippen LogP contribution in [0.1, 0.15) is 13.8 Å². The molecule has 1 aromatic carbocycles. The van der Waals surface area contributed by atoms with E-state index in [0.717, 1.165) is 12.2 Å². The zero-order chi connectivity index (χ0) is 20.7. The van der Waals surface area contributed by atoms with E-state index >= 15 is 0 Å². The molecule has 154 valence electrons. The number of fused-ring (bicyclic) bond motifs is 3. The highest BCUT2D eigenvalue weighted by molar-refractivity contribution is 6.30. The van der Waals surface area contributed by atoms with E-state index in [-0.39, 0.29) is 17.8 Å². The molecule has 0 fully saturated rings. The van der Waals surface area contributed by atoms with Crippen molar-refractivity contribution in [2.24, 2.45) is 13.0 Å². The molecule has 3 aromatic rings. The van der Waals surface area contributed by atoms with Gasteiger partial charge in [-0.25, -0.2) is 4.79 Å². The average Bonchev–Trinajstić information content (AvgIpc) is 3.08. The van der Waals surface area contributed by atoms with Crippen molar-refractivity contribution in [1.82, 2.24) is 18.7 Å². The Morgan fingerprint density at radius 3 is 2.62 bits per heavy atom. The van der Waals surface area contributed by atoms with Crippen LogP contribution >= 0.6 is 11.6 Å². The van der Waals surface area contributed by atoms with Gasteiger partial charge in [0.05, 0.1) is 13.2 Å². The van der Waals surface area contributed by atoms with E-state index in [1.807, 2.05) is 35.8 Å². The summed E-state index contributed by atoms with van der Waals surface area (Å²) in [4.78, 5) is 32.7. The van der Waals surface area contributed by atoms with E-state index in [0.29, 0.717) is 47.8 Å². The maximum Gasteiger partial charge on any atom is 0.332 e. The Bertz CT molecular complexity index is 1160. The van der Waals surface area contributed by atoms with Crippen molar-refractivity contribution in [1.29, 1.82) is 0 Å². The van der Waals surface area contributed by atoms with Crippen LogP contribution in [0.25, 0.3) is 11.2 Å². The molecule has 1 aliphatic rings. The summed E-state index contributed by atoms with van der Waals surface area (Å²) < 4.78 is 9.95. The molecule has 0 unspecified atom stereocenters. The minimum Gasteiger partial charge on any atom is -0.380 e. The number of aromatic nitrogens is 4. The largest absolute Gasteiger partial charge is 0.380 e. The highest BCUT2D eigenvalue weighted by Gasteiger charge is 2.29. The van der Waals surface area contributed by atoms with Gasteiger partial charge in [-0.1, -0.05) is 18.5 Å². The first-order valence-electron chi connectivity index (χ1n) is 9.73. The van der Waals surface area contributed by atoms with Gasteiger partial charge in [0.15, 0.2) is 11.2 Å². The first-order valence-corrected chi connectivity index (χ1v) is 10.1. The van der Waals surface area contributed by atoms with Crippen LogP contribution in [0.2, 0.25) is 5.02 Å². The molecule has 0 bridgehead atoms. The molecule has 0 radical (unpaired) electrons. The van der Waals surface area contributed by atoms with E-state index < -0.39 is 0 Å². The number of rotatable bonds is 5. The van der Waals surface area contributed by atoms with Gasteiger partial charge in [0, 0.05) is 37.5 Å². The van der Waals surface area contributed by atoms with Crippen molar-refractivity contribution < 1.29 is 4.74 Å². The molecule has 3 heterocycles. The summed E-state index contributed by atoms with van der Waals surface area (Å²) in [6.45, 7) is 6.49. The van der Waals surface area contributed by atoms with Crippen LogP contribution in [-0.4, -0.2) is 38.4 Å². The number of hydrogen-bond donors (Lipinski definition) is 0. The fraction of sp³-hybridized carbons (Fsp3) is 0.450. The summed E-state index contributed by atoms with van der Waals surface area (Å²) >= 11 is 6.04. The molecule has 29 heavy (non-hydrogen) atoms. The van der Waals surface area contributed by atoms with Gasteiger partial charge in [-0.3, -0.25) is 13.9 Å². The van der Waals surface area contributed by atoms with Crippen molar-refractivity contribution in [3.63, 3.8) is 0 Å². The third-order valence-electron chi connectivity index (χ3n) is 5.24. The van der Waals surface area contributed by atoms with E-state index in [1.165, 1.54) is 9.13 Å². The number of aryl methyl sites for hydroxylation is 1. The lowest BCUT2D eigenvalue weighted by molar-refractivity contribution is 0.137. The van der Waals surface area contributed by atoms with E-state index in [2.05, 4.69) is 11.8 Å². The standard InChI is InChI=1S/C20H24ClN5O3/c1-4-29-10-9-24-18(27)16-17(23(3)20(24)28)22-19-25(11-13(2)12-26(16)19)15-7-5-14(21)6-8-15/h5-8,13H,4,9-12H2,1-3H3/t13-/m1/s1. The van der Waals surface area contributed by atoms with Gasteiger partial charge in [0.25, 0.3) is 5.56 Å². The predicted octanol–water partition coefficient (Wildman–Crippen LogP) is 2.37. The molecule has 4 rings (SSSR count). The number of benzene rings is 1. The van der Waals surface area contributed by atoms with Crippen molar-refractivity contribution in [3.05, 3.63) is 50.1 Å². The number of hydrogen-bond acceptors (Lipinski definition) is 5. The monoisotopic (exact) mass is 417 g/mol. The Morgan fingerprint density at radius 1 is 1.21 bits per heavy atom. The first kappa shape index (κ1) is 19.7. The van der Waals surface area contributed by atoms with Gasteiger partial charge in [0.2, 0.25) is 5.95 Å². The zero-order valence-corrected chi connectivity index (χ0v) is 17.5. The molecule has 2 aromatic heterocycles. The van der Waals surface area contributed by atoms with Crippen LogP contribution in [0.4, 0.5) is 11.6 Å². The summed E-state index contributed by atoms with van der Waals surface area (Å²) in [5, 5.41) is 0.659. The topological polar surface area (TPSA) is 74.3 Å². The Hall–Kier alpha value is -2.58. The quantitative estimate of drug-likeness (QED) is 0.596. The maximum absolute atomic E-state index is 13.2. The number of nitrogens with zero attached hydrogens (tertiary/aromatic N) is 5. The molecule has 0 saturated carbocycles. The van der Waals surface area contributed by atoms with Crippen LogP contribution in [0, 0.1) is 5.92 Å². The van der Waals surface area contributed by atoms with Crippen LogP contribution in [0.5, 0.6) is 0 Å². The second kappa shape index (κ2) is 7.68. The molecule has 1 atom stereocenters. The van der Waals surface area contributed by atoms with Crippen molar-refractivity contribution >= 4 is 34.4 Å². The summed E-state index contributed by atoms with van der Waals surface area (Å²) in [5.74, 6) is 0.958. The van der Waals surface area contributed by atoms with Gasteiger partial charge >= 0.3 is 5.69 Å². The van der Waals surface area contributed by atoms with Gasteiger partial charge in [-0.15, -0.1) is 0 Å². The third kappa shape index (κ3) is 3.36. The fourth-order valence-electron chi connectivity index (χ4n) is 3.84. The Labute approximate surface area is 172 Å². The summed E-state index contributed by atoms with van der Waals surface area (Å²) in [6, 6.07) is 7.53. The normalized spacial score (nSPS) is 16.4. The number of anilines is 2. The lowest BCUT2D eigenvalue weighted by Crippen LogP contribution is -2.41. The van der Waals surface area contributed by atoms with Crippen molar-refractivity contribution in [3.8, 4) is 0 Å². The van der Waals surface area contributed by atoms with E-state index in [1.54, 1.807) is 7.05 Å². The number of imidazole rings is 1. The van der Waals surface area contributed by atoms with Crippen LogP contribution in [0.3, 0.4) is 0 Å². The Kier molecular flexibility index (Phi) is 5.23. The fourth-order valence-corrected chi connectivity index (χ4v) is 3.97. The molecule has 0 N–H and O–H groups in total. The summed E-state index contributed by atoms with van der Waals surface area (Å²) in [6.07, 6.45) is 0. The SMILES string of the molecule is CCOCCn1c(=O)c2c(nc3n2C[C@H](C)CN3c2ccc(Cl)cc2)n(C)c1=O. The maximum atomic E-state index is 13.2. The van der Waals surface area contributed by atoms with Crippen LogP contribution < -0.4 is 16.1 Å². The lowest BCUT2D eigenvalue weighted by atomic mass is 10.1. The van der Waals surface area contributed by atoms with Crippen LogP contribution in [0.15, 0.2) is 33.9 Å². The van der Waals surface area contributed by atoms with E-state index in [9.17, 15) is 9.59 Å². The van der Waals surface area contributed by atoms with Gasteiger partial charge < -0.3 is 14.2 Å². The molecule has 8 nitrogen and oxygen atoms in total. The Morgan fingerprint density at radius 2 is 1.93 bits per heavy atom. The van der Waals surface area contributed by atoms with Gasteiger partial charge in [-0.05, 0) is 37.1 Å². The highest BCUT2D eigenvalue weighted by atomic mass is 35.5. The minimum atomic E-state index is -0.385. The van der Waals surface area contributed by atoms with Gasteiger partial charge in [0.1, 0.15) is 0 Å². The minimum absolute atomic E-state index is 0.215. The zero-order valence-electron chi connectivity index (χ0n) is 16.8. The molecule has 0 spiro atoms. The first-order chi connectivity index (χ1) is 13.9. The molecule has 1 aliphatic heterocycles. The lowest BCUT2D eigenvalue weighted by Gasteiger charge is -2.33. The molecule has 0 aliphatic carbocycles. The molecule has 9 heteroatoms. The average molecular weight is 418 g/mol. The molecule has 0 amide bonds. The smallest absolute Gasteiger partial charge is 0.332 e. The number of ether oxygens (including phenoxy) is 1. The van der Waals surface area contributed by atoms with Crippen LogP contribution in [-0.2, 0) is 24.9 Å². The van der Waals surface area contributed by atoms with Gasteiger partial charge in [-0.2, -0.15) is 4.98 Å². The second-order valence-corrected chi connectivity index (χ2v) is 7.82. The predicted molar refractivity (Wildman–Crippen MR) is 113 cm³/mol. The highest BCUT2D eigenvalue weighted by Crippen LogP contribution is 2.33. The third-order valence-corrected chi connectivity index (χ3v) is 5.50. The summed E-state index contributed by atoms with van der Waals surface area (Å²) in [7, 11) is 1.65. The second-order valence-electron chi connectivity index (χ2n) is 7.38. The molecular weight excluding hydrogens is 394 g/mol. The molecule has 0 saturated heterocycles. The number of halogens is 1. The molecular formula is C20H24ClN5O3. The summed E-state index contributed by atoms with van der Waals surface area (Å²) in [5.41, 5.74) is 1.08. The van der Waals surface area contributed by atoms with Crippen molar-refractivity contribution in [2.45, 2.75) is 26.9 Å². The van der Waals surface area contributed by atoms with E-state index in [4.69, 9.17) is 21.3 Å².